The summed E-state index contributed by atoms with van der Waals surface area (Å²) in [5, 5.41) is 11.5. The summed E-state index contributed by atoms with van der Waals surface area (Å²) in [7, 11) is 0. The number of likely N-dealkylation sites (tertiary alicyclic amines) is 1. The minimum atomic E-state index is -0.477. The second-order valence-electron chi connectivity index (χ2n) is 6.33. The highest BCUT2D eigenvalue weighted by Crippen LogP contribution is 2.29. The van der Waals surface area contributed by atoms with Gasteiger partial charge in [-0.15, -0.1) is 0 Å². The van der Waals surface area contributed by atoms with Crippen LogP contribution >= 0.6 is 0 Å². The Balaban J connectivity index is 1.36. The SMILES string of the molecule is OC(c1ncc[nH]1)C1CCN(Cc2ccc3occc3c2)CC1. The summed E-state index contributed by atoms with van der Waals surface area (Å²) in [5.74, 6) is 0.975. The molecule has 0 saturated carbocycles. The molecule has 1 aliphatic heterocycles. The number of piperidine rings is 1. The Morgan fingerprint density at radius 1 is 1.30 bits per heavy atom. The zero-order valence-corrected chi connectivity index (χ0v) is 13.0. The third-order valence-corrected chi connectivity index (χ3v) is 4.80. The van der Waals surface area contributed by atoms with Crippen molar-refractivity contribution >= 4 is 11.0 Å². The summed E-state index contributed by atoms with van der Waals surface area (Å²) in [4.78, 5) is 9.64. The van der Waals surface area contributed by atoms with Crippen molar-refractivity contribution in [3.63, 3.8) is 0 Å². The molecule has 23 heavy (non-hydrogen) atoms. The number of fused-ring (bicyclic) bond motifs is 1. The van der Waals surface area contributed by atoms with Crippen molar-refractivity contribution in [1.29, 1.82) is 0 Å². The van der Waals surface area contributed by atoms with Crippen molar-refractivity contribution in [2.24, 2.45) is 5.92 Å². The molecule has 1 aliphatic rings. The van der Waals surface area contributed by atoms with Crippen molar-refractivity contribution in [3.8, 4) is 0 Å². The van der Waals surface area contributed by atoms with E-state index < -0.39 is 6.10 Å². The first-order valence-corrected chi connectivity index (χ1v) is 8.15. The van der Waals surface area contributed by atoms with Gasteiger partial charge in [-0.05, 0) is 55.6 Å². The average Bonchev–Trinajstić information content (AvgIpc) is 3.26. The highest BCUT2D eigenvalue weighted by molar-refractivity contribution is 5.77. The third kappa shape index (κ3) is 3.02. The van der Waals surface area contributed by atoms with Crippen molar-refractivity contribution < 1.29 is 9.52 Å². The molecule has 5 nitrogen and oxygen atoms in total. The van der Waals surface area contributed by atoms with Crippen LogP contribution in [0.3, 0.4) is 0 Å². The number of rotatable bonds is 4. The molecule has 0 spiro atoms. The number of aliphatic hydroxyl groups excluding tert-OH is 1. The molecular weight excluding hydrogens is 290 g/mol. The molecule has 120 valence electrons. The lowest BCUT2D eigenvalue weighted by Gasteiger charge is -2.33. The highest BCUT2D eigenvalue weighted by Gasteiger charge is 2.27. The van der Waals surface area contributed by atoms with Gasteiger partial charge in [-0.2, -0.15) is 0 Å². The molecule has 1 atom stereocenters. The maximum Gasteiger partial charge on any atom is 0.135 e. The molecule has 2 N–H and O–H groups in total. The van der Waals surface area contributed by atoms with E-state index in [0.29, 0.717) is 5.82 Å². The Hall–Kier alpha value is -2.11. The average molecular weight is 311 g/mol. The van der Waals surface area contributed by atoms with Crippen LogP contribution in [0.1, 0.15) is 30.3 Å². The van der Waals surface area contributed by atoms with Crippen LogP contribution in [0.5, 0.6) is 0 Å². The van der Waals surface area contributed by atoms with Gasteiger partial charge in [0.05, 0.1) is 6.26 Å². The van der Waals surface area contributed by atoms with Crippen molar-refractivity contribution in [3.05, 3.63) is 54.3 Å². The number of hydrogen-bond donors (Lipinski definition) is 2. The van der Waals surface area contributed by atoms with Crippen molar-refractivity contribution in [2.75, 3.05) is 13.1 Å². The fraction of sp³-hybridized carbons (Fsp3) is 0.389. The van der Waals surface area contributed by atoms with E-state index in [1.54, 1.807) is 18.7 Å². The lowest BCUT2D eigenvalue weighted by molar-refractivity contribution is 0.0515. The maximum atomic E-state index is 10.4. The van der Waals surface area contributed by atoms with Gasteiger partial charge < -0.3 is 14.5 Å². The first-order valence-electron chi connectivity index (χ1n) is 8.15. The molecule has 3 heterocycles. The van der Waals surface area contributed by atoms with Gasteiger partial charge in [-0.1, -0.05) is 6.07 Å². The number of aromatic nitrogens is 2. The van der Waals surface area contributed by atoms with Gasteiger partial charge in [-0.3, -0.25) is 4.90 Å². The van der Waals surface area contributed by atoms with E-state index in [1.165, 1.54) is 5.56 Å². The number of furan rings is 1. The molecule has 1 aromatic carbocycles. The molecule has 0 radical (unpaired) electrons. The van der Waals surface area contributed by atoms with E-state index in [2.05, 4.69) is 27.0 Å². The van der Waals surface area contributed by atoms with Gasteiger partial charge in [0.1, 0.15) is 17.5 Å². The van der Waals surface area contributed by atoms with Crippen LogP contribution in [0, 0.1) is 5.92 Å². The highest BCUT2D eigenvalue weighted by atomic mass is 16.3. The lowest BCUT2D eigenvalue weighted by atomic mass is 9.90. The molecule has 3 aromatic rings. The van der Waals surface area contributed by atoms with E-state index in [0.717, 1.165) is 43.4 Å². The predicted molar refractivity (Wildman–Crippen MR) is 87.8 cm³/mol. The molecule has 0 amide bonds. The molecule has 5 heteroatoms. The maximum absolute atomic E-state index is 10.4. The zero-order valence-electron chi connectivity index (χ0n) is 13.0. The smallest absolute Gasteiger partial charge is 0.135 e. The largest absolute Gasteiger partial charge is 0.464 e. The Bertz CT molecular complexity index is 758. The molecule has 4 rings (SSSR count). The van der Waals surface area contributed by atoms with Crippen LogP contribution < -0.4 is 0 Å². The van der Waals surface area contributed by atoms with Crippen LogP contribution in [-0.2, 0) is 6.54 Å². The zero-order chi connectivity index (χ0) is 15.6. The van der Waals surface area contributed by atoms with Gasteiger partial charge >= 0.3 is 0 Å². The number of benzene rings is 1. The molecule has 1 saturated heterocycles. The predicted octanol–water partition coefficient (Wildman–Crippen LogP) is 3.10. The van der Waals surface area contributed by atoms with E-state index in [9.17, 15) is 5.11 Å². The van der Waals surface area contributed by atoms with Crippen LogP contribution in [0.25, 0.3) is 11.0 Å². The summed E-state index contributed by atoms with van der Waals surface area (Å²) >= 11 is 0. The normalized spacial score (nSPS) is 18.5. The summed E-state index contributed by atoms with van der Waals surface area (Å²) < 4.78 is 5.39. The fourth-order valence-electron chi connectivity index (χ4n) is 3.46. The van der Waals surface area contributed by atoms with E-state index >= 15 is 0 Å². The van der Waals surface area contributed by atoms with Gasteiger partial charge in [-0.25, -0.2) is 4.98 Å². The molecule has 0 bridgehead atoms. The summed E-state index contributed by atoms with van der Waals surface area (Å²) in [6.45, 7) is 2.96. The van der Waals surface area contributed by atoms with E-state index in [4.69, 9.17) is 4.42 Å². The number of nitrogens with zero attached hydrogens (tertiary/aromatic N) is 2. The summed E-state index contributed by atoms with van der Waals surface area (Å²) in [6.07, 6.45) is 6.70. The Labute approximate surface area is 134 Å². The van der Waals surface area contributed by atoms with Crippen LogP contribution in [-0.4, -0.2) is 33.1 Å². The molecule has 0 aliphatic carbocycles. The minimum Gasteiger partial charge on any atom is -0.464 e. The minimum absolute atomic E-state index is 0.286. The fourth-order valence-corrected chi connectivity index (χ4v) is 3.46. The van der Waals surface area contributed by atoms with Crippen LogP contribution in [0.4, 0.5) is 0 Å². The van der Waals surface area contributed by atoms with Gasteiger partial charge in [0.2, 0.25) is 0 Å². The third-order valence-electron chi connectivity index (χ3n) is 4.80. The monoisotopic (exact) mass is 311 g/mol. The summed E-state index contributed by atoms with van der Waals surface area (Å²) in [5.41, 5.74) is 2.25. The number of H-pyrrole nitrogens is 1. The number of hydrogen-bond acceptors (Lipinski definition) is 4. The molecular formula is C18H21N3O2. The van der Waals surface area contributed by atoms with Gasteiger partial charge in [0, 0.05) is 24.3 Å². The second-order valence-corrected chi connectivity index (χ2v) is 6.33. The van der Waals surface area contributed by atoms with Crippen LogP contribution in [0.2, 0.25) is 0 Å². The Morgan fingerprint density at radius 3 is 2.96 bits per heavy atom. The van der Waals surface area contributed by atoms with Gasteiger partial charge in [0.25, 0.3) is 0 Å². The number of aromatic amines is 1. The van der Waals surface area contributed by atoms with Crippen molar-refractivity contribution in [1.82, 2.24) is 14.9 Å². The Morgan fingerprint density at radius 2 is 2.17 bits per heavy atom. The first kappa shape index (κ1) is 14.5. The lowest BCUT2D eigenvalue weighted by Crippen LogP contribution is -2.35. The number of imidazole rings is 1. The topological polar surface area (TPSA) is 65.3 Å². The van der Waals surface area contributed by atoms with Crippen molar-refractivity contribution in [2.45, 2.75) is 25.5 Å². The van der Waals surface area contributed by atoms with Crippen LogP contribution in [0.15, 0.2) is 47.3 Å². The second kappa shape index (κ2) is 6.18. The summed E-state index contributed by atoms with van der Waals surface area (Å²) in [6, 6.07) is 8.38. The Kier molecular flexibility index (Phi) is 3.89. The molecule has 1 fully saturated rings. The standard InChI is InChI=1S/C18H21N3O2/c22-17(18-19-6-7-20-18)14-3-8-21(9-4-14)12-13-1-2-16-15(11-13)5-10-23-16/h1-2,5-7,10-11,14,17,22H,3-4,8-9,12H2,(H,19,20). The quantitative estimate of drug-likeness (QED) is 0.777. The molecule has 1 unspecified atom stereocenters. The van der Waals surface area contributed by atoms with E-state index in [1.807, 2.05) is 12.1 Å². The van der Waals surface area contributed by atoms with Gasteiger partial charge in [0.15, 0.2) is 0 Å². The van der Waals surface area contributed by atoms with E-state index in [-0.39, 0.29) is 5.92 Å². The first-order chi connectivity index (χ1) is 11.3. The number of aliphatic hydroxyl groups is 1. The number of nitrogens with one attached hydrogen (secondary N) is 1. The molecule has 2 aromatic heterocycles.